The highest BCUT2D eigenvalue weighted by Crippen LogP contribution is 2.22. The molecule has 2 unspecified atom stereocenters. The Bertz CT molecular complexity index is 525. The van der Waals surface area contributed by atoms with E-state index in [9.17, 15) is 8.42 Å². The van der Waals surface area contributed by atoms with Gasteiger partial charge >= 0.3 is 0 Å². The molecule has 1 fully saturated rings. The van der Waals surface area contributed by atoms with Gasteiger partial charge in [0.15, 0.2) is 9.84 Å². The Morgan fingerprint density at radius 2 is 2.05 bits per heavy atom. The smallest absolute Gasteiger partial charge is 0.150 e. The SMILES string of the molecule is CCC(NCC1CCS(=O)(=O)C1)c1ccc(OC)cc1. The number of methoxy groups -OCH3 is 1. The lowest BCUT2D eigenvalue weighted by Crippen LogP contribution is -2.27. The van der Waals surface area contributed by atoms with Crippen LogP contribution < -0.4 is 10.1 Å². The molecule has 4 nitrogen and oxygen atoms in total. The maximum atomic E-state index is 11.5. The summed E-state index contributed by atoms with van der Waals surface area (Å²) >= 11 is 0. The van der Waals surface area contributed by atoms with Crippen LogP contribution in [0.4, 0.5) is 0 Å². The Hall–Kier alpha value is -1.07. The maximum Gasteiger partial charge on any atom is 0.150 e. The average Bonchev–Trinajstić information content (AvgIpc) is 2.79. The molecule has 1 N–H and O–H groups in total. The van der Waals surface area contributed by atoms with E-state index in [-0.39, 0.29) is 12.0 Å². The Balaban J connectivity index is 1.92. The minimum atomic E-state index is -2.78. The van der Waals surface area contributed by atoms with Gasteiger partial charge in [0.1, 0.15) is 5.75 Å². The lowest BCUT2D eigenvalue weighted by Gasteiger charge is -2.20. The molecule has 1 aliphatic heterocycles. The van der Waals surface area contributed by atoms with Gasteiger partial charge in [0, 0.05) is 6.04 Å². The summed E-state index contributed by atoms with van der Waals surface area (Å²) < 4.78 is 28.1. The first-order chi connectivity index (χ1) is 9.54. The molecule has 0 aliphatic carbocycles. The summed E-state index contributed by atoms with van der Waals surface area (Å²) in [7, 11) is -1.12. The predicted molar refractivity (Wildman–Crippen MR) is 80.8 cm³/mol. The van der Waals surface area contributed by atoms with Crippen LogP contribution in [-0.4, -0.2) is 33.6 Å². The van der Waals surface area contributed by atoms with Gasteiger partial charge in [-0.1, -0.05) is 19.1 Å². The van der Waals surface area contributed by atoms with Crippen LogP contribution in [0.15, 0.2) is 24.3 Å². The Kier molecular flexibility index (Phi) is 5.05. The molecule has 1 aromatic rings. The monoisotopic (exact) mass is 297 g/mol. The molecule has 0 bridgehead atoms. The molecular weight excluding hydrogens is 274 g/mol. The van der Waals surface area contributed by atoms with E-state index in [1.807, 2.05) is 12.1 Å². The third-order valence-electron chi connectivity index (χ3n) is 3.91. The highest BCUT2D eigenvalue weighted by molar-refractivity contribution is 7.91. The van der Waals surface area contributed by atoms with Crippen molar-refractivity contribution in [2.45, 2.75) is 25.8 Å². The summed E-state index contributed by atoms with van der Waals surface area (Å²) in [6.45, 7) is 2.90. The van der Waals surface area contributed by atoms with Gasteiger partial charge in [-0.15, -0.1) is 0 Å². The molecule has 5 heteroatoms. The van der Waals surface area contributed by atoms with Crippen molar-refractivity contribution in [3.8, 4) is 5.75 Å². The van der Waals surface area contributed by atoms with Gasteiger partial charge in [-0.25, -0.2) is 8.42 Å². The van der Waals surface area contributed by atoms with Crippen molar-refractivity contribution in [2.75, 3.05) is 25.2 Å². The molecule has 0 saturated carbocycles. The third-order valence-corrected chi connectivity index (χ3v) is 5.74. The van der Waals surface area contributed by atoms with E-state index in [1.165, 1.54) is 5.56 Å². The van der Waals surface area contributed by atoms with Crippen molar-refractivity contribution in [1.29, 1.82) is 0 Å². The quantitative estimate of drug-likeness (QED) is 0.874. The third kappa shape index (κ3) is 3.96. The molecule has 2 atom stereocenters. The van der Waals surface area contributed by atoms with E-state index in [0.29, 0.717) is 11.5 Å². The van der Waals surface area contributed by atoms with Crippen LogP contribution in [0.25, 0.3) is 0 Å². The summed E-state index contributed by atoms with van der Waals surface area (Å²) in [5.41, 5.74) is 1.22. The number of hydrogen-bond donors (Lipinski definition) is 1. The standard InChI is InChI=1S/C15H23NO3S/c1-3-15(13-4-6-14(19-2)7-5-13)16-10-12-8-9-20(17,18)11-12/h4-7,12,15-16H,3,8-11H2,1-2H3. The second-order valence-corrected chi connectivity index (χ2v) is 7.64. The van der Waals surface area contributed by atoms with Crippen molar-refractivity contribution < 1.29 is 13.2 Å². The van der Waals surface area contributed by atoms with Crippen molar-refractivity contribution in [3.63, 3.8) is 0 Å². The average molecular weight is 297 g/mol. The van der Waals surface area contributed by atoms with Crippen LogP contribution in [0, 0.1) is 5.92 Å². The molecular formula is C15H23NO3S. The summed E-state index contributed by atoms with van der Waals surface area (Å²) in [4.78, 5) is 0. The van der Waals surface area contributed by atoms with E-state index in [2.05, 4.69) is 24.4 Å². The first-order valence-electron chi connectivity index (χ1n) is 7.12. The fraction of sp³-hybridized carbons (Fsp3) is 0.600. The van der Waals surface area contributed by atoms with Crippen LogP contribution in [0.1, 0.15) is 31.4 Å². The van der Waals surface area contributed by atoms with Crippen molar-refractivity contribution in [1.82, 2.24) is 5.32 Å². The van der Waals surface area contributed by atoms with Crippen LogP contribution in [-0.2, 0) is 9.84 Å². The van der Waals surface area contributed by atoms with Gasteiger partial charge in [-0.05, 0) is 43.0 Å². The van der Waals surface area contributed by atoms with Gasteiger partial charge in [0.25, 0.3) is 0 Å². The van der Waals surface area contributed by atoms with Crippen LogP contribution >= 0.6 is 0 Å². The summed E-state index contributed by atoms with van der Waals surface area (Å²) in [5, 5.41) is 3.50. The molecule has 1 aromatic carbocycles. The molecule has 20 heavy (non-hydrogen) atoms. The Morgan fingerprint density at radius 1 is 1.35 bits per heavy atom. The number of ether oxygens (including phenoxy) is 1. The second kappa shape index (κ2) is 6.59. The lowest BCUT2D eigenvalue weighted by molar-refractivity contribution is 0.413. The lowest BCUT2D eigenvalue weighted by atomic mass is 10.0. The zero-order valence-corrected chi connectivity index (χ0v) is 12.9. The van der Waals surface area contributed by atoms with Gasteiger partial charge in [0.2, 0.25) is 0 Å². The molecule has 2 rings (SSSR count). The van der Waals surface area contributed by atoms with Gasteiger partial charge < -0.3 is 10.1 Å². The molecule has 112 valence electrons. The summed E-state index contributed by atoms with van der Waals surface area (Å²) in [6.07, 6.45) is 1.76. The molecule has 0 radical (unpaired) electrons. The first-order valence-corrected chi connectivity index (χ1v) is 8.94. The maximum absolute atomic E-state index is 11.5. The normalized spacial score (nSPS) is 22.6. The summed E-state index contributed by atoms with van der Waals surface area (Å²) in [6, 6.07) is 8.31. The molecule has 0 aromatic heterocycles. The van der Waals surface area contributed by atoms with E-state index in [1.54, 1.807) is 7.11 Å². The van der Waals surface area contributed by atoms with Gasteiger partial charge in [-0.2, -0.15) is 0 Å². The van der Waals surface area contributed by atoms with Crippen molar-refractivity contribution >= 4 is 9.84 Å². The van der Waals surface area contributed by atoms with Gasteiger partial charge in [0.05, 0.1) is 18.6 Å². The molecule has 1 saturated heterocycles. The number of nitrogens with one attached hydrogen (secondary N) is 1. The number of rotatable bonds is 6. The largest absolute Gasteiger partial charge is 0.497 e. The zero-order valence-electron chi connectivity index (χ0n) is 12.1. The van der Waals surface area contributed by atoms with E-state index in [0.717, 1.165) is 25.1 Å². The minimum absolute atomic E-state index is 0.257. The van der Waals surface area contributed by atoms with E-state index in [4.69, 9.17) is 4.74 Å². The van der Waals surface area contributed by atoms with E-state index >= 15 is 0 Å². The number of sulfone groups is 1. The van der Waals surface area contributed by atoms with Crippen LogP contribution in [0.2, 0.25) is 0 Å². The first kappa shape index (κ1) is 15.3. The van der Waals surface area contributed by atoms with Crippen LogP contribution in [0.5, 0.6) is 5.75 Å². The molecule has 1 aliphatic rings. The molecule has 1 heterocycles. The Morgan fingerprint density at radius 3 is 2.55 bits per heavy atom. The Labute approximate surface area is 121 Å². The summed E-state index contributed by atoms with van der Waals surface area (Å²) in [5.74, 6) is 1.79. The predicted octanol–water partition coefficient (Wildman–Crippen LogP) is 2.17. The number of benzene rings is 1. The molecule has 0 spiro atoms. The highest BCUT2D eigenvalue weighted by Gasteiger charge is 2.28. The number of hydrogen-bond acceptors (Lipinski definition) is 4. The van der Waals surface area contributed by atoms with Crippen LogP contribution in [0.3, 0.4) is 0 Å². The van der Waals surface area contributed by atoms with Crippen molar-refractivity contribution in [3.05, 3.63) is 29.8 Å². The topological polar surface area (TPSA) is 55.4 Å². The van der Waals surface area contributed by atoms with Gasteiger partial charge in [-0.3, -0.25) is 0 Å². The highest BCUT2D eigenvalue weighted by atomic mass is 32.2. The zero-order chi connectivity index (χ0) is 14.6. The van der Waals surface area contributed by atoms with Crippen molar-refractivity contribution in [2.24, 2.45) is 5.92 Å². The fourth-order valence-corrected chi connectivity index (χ4v) is 4.54. The fourth-order valence-electron chi connectivity index (χ4n) is 2.68. The minimum Gasteiger partial charge on any atom is -0.497 e. The van der Waals surface area contributed by atoms with E-state index < -0.39 is 9.84 Å². The second-order valence-electron chi connectivity index (χ2n) is 5.41. The molecule has 0 amide bonds.